The second kappa shape index (κ2) is 7.84. The summed E-state index contributed by atoms with van der Waals surface area (Å²) in [6.07, 6.45) is -3.68. The van der Waals surface area contributed by atoms with Crippen molar-refractivity contribution in [1.82, 2.24) is 9.55 Å². The molecule has 0 saturated carbocycles. The van der Waals surface area contributed by atoms with E-state index >= 15 is 0 Å². The highest BCUT2D eigenvalue weighted by Gasteiger charge is 2.43. The number of nitrogens with one attached hydrogen (secondary N) is 1. The van der Waals surface area contributed by atoms with E-state index in [4.69, 9.17) is 14.6 Å². The van der Waals surface area contributed by atoms with Crippen LogP contribution >= 0.6 is 0 Å². The number of aliphatic hydroxyl groups excluding tert-OH is 3. The van der Waals surface area contributed by atoms with Crippen LogP contribution in [0.4, 0.5) is 5.82 Å². The van der Waals surface area contributed by atoms with Crippen LogP contribution in [0.5, 0.6) is 5.75 Å². The standard InChI is InChI=1S/C17H19N3O7/c1-26-10-5-3-2-4-9(10)15(24)18-12-6-7-20(17(25)19-12)16-14(23)13(22)11(8-21)27-16/h2-7,11,13-14,16,21-23H,8H2,1H3,(H,18,19,24,25)/t11-,13-,14+,16-/m1/s1. The third-order valence-electron chi connectivity index (χ3n) is 4.21. The van der Waals surface area contributed by atoms with Gasteiger partial charge in [-0.25, -0.2) is 4.79 Å². The van der Waals surface area contributed by atoms with Gasteiger partial charge >= 0.3 is 5.69 Å². The first kappa shape index (κ1) is 19.0. The highest BCUT2D eigenvalue weighted by atomic mass is 16.6. The Hall–Kier alpha value is -2.79. The molecule has 1 aromatic heterocycles. The molecule has 1 saturated heterocycles. The van der Waals surface area contributed by atoms with Gasteiger partial charge in [0.1, 0.15) is 29.9 Å². The molecule has 0 spiro atoms. The topological polar surface area (TPSA) is 143 Å². The Labute approximate surface area is 153 Å². The van der Waals surface area contributed by atoms with E-state index in [-0.39, 0.29) is 11.4 Å². The van der Waals surface area contributed by atoms with Crippen molar-refractivity contribution in [1.29, 1.82) is 0 Å². The van der Waals surface area contributed by atoms with Gasteiger partial charge in [0, 0.05) is 6.20 Å². The predicted molar refractivity (Wildman–Crippen MR) is 92.5 cm³/mol. The Bertz CT molecular complexity index is 885. The van der Waals surface area contributed by atoms with Crippen molar-refractivity contribution in [3.63, 3.8) is 0 Å². The van der Waals surface area contributed by atoms with Crippen molar-refractivity contribution in [3.8, 4) is 5.75 Å². The van der Waals surface area contributed by atoms with Crippen LogP contribution in [0.15, 0.2) is 41.3 Å². The van der Waals surface area contributed by atoms with Gasteiger partial charge in [-0.3, -0.25) is 9.36 Å². The Balaban J connectivity index is 1.79. The van der Waals surface area contributed by atoms with Crippen molar-refractivity contribution in [2.45, 2.75) is 24.5 Å². The maximum absolute atomic E-state index is 12.4. The number of carbonyl (C=O) groups is 1. The number of amides is 1. The van der Waals surface area contributed by atoms with Gasteiger partial charge in [0.2, 0.25) is 0 Å². The number of aromatic nitrogens is 2. The van der Waals surface area contributed by atoms with Crippen LogP contribution in [-0.2, 0) is 4.74 Å². The third kappa shape index (κ3) is 3.69. The molecule has 27 heavy (non-hydrogen) atoms. The summed E-state index contributed by atoms with van der Waals surface area (Å²) in [6.45, 7) is -0.510. The number of aliphatic hydroxyl groups is 3. The fourth-order valence-corrected chi connectivity index (χ4v) is 2.80. The molecule has 1 aliphatic heterocycles. The molecule has 0 radical (unpaired) electrons. The van der Waals surface area contributed by atoms with Gasteiger partial charge in [0.05, 0.1) is 19.3 Å². The quantitative estimate of drug-likeness (QED) is 0.526. The number of nitrogens with zero attached hydrogens (tertiary/aromatic N) is 2. The predicted octanol–water partition coefficient (Wildman–Crippen LogP) is -0.884. The summed E-state index contributed by atoms with van der Waals surface area (Å²) in [4.78, 5) is 28.4. The van der Waals surface area contributed by atoms with E-state index in [1.165, 1.54) is 19.4 Å². The van der Waals surface area contributed by atoms with Crippen molar-refractivity contribution >= 4 is 11.7 Å². The van der Waals surface area contributed by atoms with Crippen LogP contribution in [-0.4, -0.2) is 62.8 Å². The number of benzene rings is 1. The minimum Gasteiger partial charge on any atom is -0.496 e. The molecule has 4 atom stereocenters. The summed E-state index contributed by atoms with van der Waals surface area (Å²) in [7, 11) is 1.44. The number of ether oxygens (including phenoxy) is 2. The number of rotatable bonds is 5. The lowest BCUT2D eigenvalue weighted by atomic mass is 10.1. The van der Waals surface area contributed by atoms with Crippen molar-refractivity contribution in [2.75, 3.05) is 19.0 Å². The molecule has 0 aliphatic carbocycles. The molecular formula is C17H19N3O7. The number of methoxy groups -OCH3 is 1. The van der Waals surface area contributed by atoms with Gasteiger partial charge in [-0.05, 0) is 18.2 Å². The first-order valence-electron chi connectivity index (χ1n) is 8.12. The lowest BCUT2D eigenvalue weighted by Crippen LogP contribution is -2.36. The number of para-hydroxylation sites is 1. The molecule has 1 amide bonds. The second-order valence-corrected chi connectivity index (χ2v) is 5.89. The third-order valence-corrected chi connectivity index (χ3v) is 4.21. The first-order chi connectivity index (χ1) is 13.0. The summed E-state index contributed by atoms with van der Waals surface area (Å²) in [5.74, 6) is -0.140. The van der Waals surface area contributed by atoms with Gasteiger partial charge in [-0.1, -0.05) is 12.1 Å². The van der Waals surface area contributed by atoms with Gasteiger partial charge in [-0.15, -0.1) is 0 Å². The number of hydrogen-bond acceptors (Lipinski definition) is 8. The molecule has 1 aliphatic rings. The van der Waals surface area contributed by atoms with E-state index in [9.17, 15) is 19.8 Å². The Morgan fingerprint density at radius 1 is 1.30 bits per heavy atom. The molecule has 10 nitrogen and oxygen atoms in total. The van der Waals surface area contributed by atoms with Gasteiger partial charge in [-0.2, -0.15) is 4.98 Å². The monoisotopic (exact) mass is 377 g/mol. The SMILES string of the molecule is COc1ccccc1C(=O)Nc1ccn([C@@H]2O[C@H](CO)[C@@H](O)[C@@H]2O)c(=O)n1. The Morgan fingerprint density at radius 2 is 2.04 bits per heavy atom. The van der Waals surface area contributed by atoms with Crippen molar-refractivity contribution in [2.24, 2.45) is 0 Å². The summed E-state index contributed by atoms with van der Waals surface area (Å²) in [5.41, 5.74) is -0.530. The molecule has 10 heteroatoms. The minimum atomic E-state index is -1.41. The lowest BCUT2D eigenvalue weighted by Gasteiger charge is -2.17. The number of anilines is 1. The number of hydrogen-bond donors (Lipinski definition) is 4. The molecule has 3 rings (SSSR count). The normalized spacial score (nSPS) is 24.6. The largest absolute Gasteiger partial charge is 0.496 e. The number of carbonyl (C=O) groups excluding carboxylic acids is 1. The molecule has 4 N–H and O–H groups in total. The smallest absolute Gasteiger partial charge is 0.351 e. The van der Waals surface area contributed by atoms with Crippen LogP contribution in [0.1, 0.15) is 16.6 Å². The van der Waals surface area contributed by atoms with Crippen LogP contribution in [0.3, 0.4) is 0 Å². The van der Waals surface area contributed by atoms with Gasteiger partial charge < -0.3 is 30.1 Å². The van der Waals surface area contributed by atoms with E-state index in [1.807, 2.05) is 0 Å². The molecule has 0 unspecified atom stereocenters. The summed E-state index contributed by atoms with van der Waals surface area (Å²) in [6, 6.07) is 7.93. The summed E-state index contributed by atoms with van der Waals surface area (Å²) in [5, 5.41) is 31.4. The van der Waals surface area contributed by atoms with E-state index in [1.54, 1.807) is 24.3 Å². The lowest BCUT2D eigenvalue weighted by molar-refractivity contribution is -0.0549. The van der Waals surface area contributed by atoms with Crippen molar-refractivity contribution < 1.29 is 29.6 Å². The summed E-state index contributed by atoms with van der Waals surface area (Å²) < 4.78 is 11.4. The van der Waals surface area contributed by atoms with Gasteiger partial charge in [0.25, 0.3) is 5.91 Å². The highest BCUT2D eigenvalue weighted by molar-refractivity contribution is 6.05. The van der Waals surface area contributed by atoms with Crippen molar-refractivity contribution in [3.05, 3.63) is 52.6 Å². The average molecular weight is 377 g/mol. The fraction of sp³-hybridized carbons (Fsp3) is 0.353. The van der Waals surface area contributed by atoms with Crippen LogP contribution in [0, 0.1) is 0 Å². The Morgan fingerprint density at radius 3 is 2.67 bits per heavy atom. The zero-order valence-electron chi connectivity index (χ0n) is 14.3. The van der Waals surface area contributed by atoms with Crippen LogP contribution < -0.4 is 15.7 Å². The molecule has 1 fully saturated rings. The van der Waals surface area contributed by atoms with Crippen LogP contribution in [0.2, 0.25) is 0 Å². The molecule has 1 aromatic carbocycles. The van der Waals surface area contributed by atoms with E-state index < -0.39 is 42.7 Å². The average Bonchev–Trinajstić information content (AvgIpc) is 2.96. The zero-order chi connectivity index (χ0) is 19.6. The zero-order valence-corrected chi connectivity index (χ0v) is 14.3. The molecule has 2 aromatic rings. The van der Waals surface area contributed by atoms with Crippen LogP contribution in [0.25, 0.3) is 0 Å². The second-order valence-electron chi connectivity index (χ2n) is 5.89. The van der Waals surface area contributed by atoms with Gasteiger partial charge in [0.15, 0.2) is 6.23 Å². The minimum absolute atomic E-state index is 0.00102. The summed E-state index contributed by atoms with van der Waals surface area (Å²) >= 11 is 0. The molecular weight excluding hydrogens is 358 g/mol. The molecule has 144 valence electrons. The van der Waals surface area contributed by atoms with E-state index in [0.717, 1.165) is 4.57 Å². The molecule has 0 bridgehead atoms. The maximum atomic E-state index is 12.4. The van der Waals surface area contributed by atoms with E-state index in [2.05, 4.69) is 10.3 Å². The fourth-order valence-electron chi connectivity index (χ4n) is 2.80. The highest BCUT2D eigenvalue weighted by Crippen LogP contribution is 2.28. The molecule has 2 heterocycles. The first-order valence-corrected chi connectivity index (χ1v) is 8.12. The van der Waals surface area contributed by atoms with E-state index in [0.29, 0.717) is 5.75 Å². The Kier molecular flexibility index (Phi) is 5.51. The maximum Gasteiger partial charge on any atom is 0.351 e.